The Hall–Kier alpha value is -3.55. The van der Waals surface area contributed by atoms with Crippen LogP contribution in [-0.4, -0.2) is 56.7 Å². The van der Waals surface area contributed by atoms with E-state index in [0.29, 0.717) is 30.6 Å². The van der Waals surface area contributed by atoms with Crippen LogP contribution in [0.25, 0.3) is 11.3 Å². The number of hydrogen-bond donors (Lipinski definition) is 0. The Bertz CT molecular complexity index is 1130. The molecule has 0 aliphatic carbocycles. The summed E-state index contributed by atoms with van der Waals surface area (Å²) in [6, 6.07) is 15.5. The highest BCUT2D eigenvalue weighted by Crippen LogP contribution is 2.33. The van der Waals surface area contributed by atoms with Gasteiger partial charge in [-0.25, -0.2) is 4.98 Å². The lowest BCUT2D eigenvalue weighted by Gasteiger charge is -2.22. The van der Waals surface area contributed by atoms with Crippen LogP contribution >= 0.6 is 0 Å². The second kappa shape index (κ2) is 7.94. The molecule has 0 saturated carbocycles. The number of fused-ring (bicyclic) bond motifs is 1. The molecular weight excluding hydrogens is 392 g/mol. The van der Waals surface area contributed by atoms with Crippen LogP contribution in [0.3, 0.4) is 0 Å². The molecule has 3 aromatic rings. The zero-order valence-corrected chi connectivity index (χ0v) is 17.4. The molecule has 0 spiro atoms. The number of aryl methyl sites for hydroxylation is 1. The quantitative estimate of drug-likeness (QED) is 0.642. The van der Waals surface area contributed by atoms with Crippen molar-refractivity contribution in [2.75, 3.05) is 31.1 Å². The van der Waals surface area contributed by atoms with Gasteiger partial charge < -0.3 is 9.80 Å². The summed E-state index contributed by atoms with van der Waals surface area (Å²) < 4.78 is 1.37. The number of nitrogens with zero attached hydrogens (tertiary/aromatic N) is 6. The minimum atomic E-state index is -0.191. The van der Waals surface area contributed by atoms with Gasteiger partial charge in [-0.1, -0.05) is 30.3 Å². The fourth-order valence-electron chi connectivity index (χ4n) is 4.52. The van der Waals surface area contributed by atoms with Crippen LogP contribution in [0.1, 0.15) is 5.69 Å². The molecule has 2 aromatic heterocycles. The Morgan fingerprint density at radius 2 is 1.74 bits per heavy atom. The lowest BCUT2D eigenvalue weighted by molar-refractivity contribution is -0.131. The SMILES string of the molecule is Cc1cc(=O)n(CC(=O)N2CC3CN(c4ccc(-c5ccccc5)nn4)CC3C2)cn1. The zero-order chi connectivity index (χ0) is 21.4. The molecule has 2 aliphatic heterocycles. The van der Waals surface area contributed by atoms with E-state index < -0.39 is 0 Å². The van der Waals surface area contributed by atoms with Gasteiger partial charge in [-0.05, 0) is 19.1 Å². The van der Waals surface area contributed by atoms with Crippen molar-refractivity contribution in [3.05, 3.63) is 70.9 Å². The molecule has 0 radical (unpaired) electrons. The molecule has 0 bridgehead atoms. The average molecular weight is 416 g/mol. The summed E-state index contributed by atoms with van der Waals surface area (Å²) in [6.07, 6.45) is 1.45. The fraction of sp³-hybridized carbons (Fsp3) is 0.348. The van der Waals surface area contributed by atoms with Crippen molar-refractivity contribution in [2.24, 2.45) is 11.8 Å². The van der Waals surface area contributed by atoms with Crippen LogP contribution in [0.5, 0.6) is 0 Å². The van der Waals surface area contributed by atoms with E-state index in [-0.39, 0.29) is 18.0 Å². The zero-order valence-electron chi connectivity index (χ0n) is 17.4. The molecular formula is C23H24N6O2. The summed E-state index contributed by atoms with van der Waals surface area (Å²) >= 11 is 0. The number of anilines is 1. The molecule has 158 valence electrons. The van der Waals surface area contributed by atoms with E-state index >= 15 is 0 Å². The molecule has 1 amide bonds. The molecule has 2 saturated heterocycles. The number of carbonyl (C=O) groups is 1. The molecule has 8 nitrogen and oxygen atoms in total. The van der Waals surface area contributed by atoms with E-state index in [9.17, 15) is 9.59 Å². The van der Waals surface area contributed by atoms with Crippen LogP contribution < -0.4 is 10.5 Å². The highest BCUT2D eigenvalue weighted by molar-refractivity contribution is 5.76. The predicted octanol–water partition coefficient (Wildman–Crippen LogP) is 1.60. The van der Waals surface area contributed by atoms with Crippen molar-refractivity contribution < 1.29 is 4.79 Å². The Morgan fingerprint density at radius 1 is 1.00 bits per heavy atom. The second-order valence-corrected chi connectivity index (χ2v) is 8.36. The average Bonchev–Trinajstić information content (AvgIpc) is 3.36. The van der Waals surface area contributed by atoms with Crippen LogP contribution in [-0.2, 0) is 11.3 Å². The van der Waals surface area contributed by atoms with Gasteiger partial charge in [0.1, 0.15) is 6.54 Å². The molecule has 31 heavy (non-hydrogen) atoms. The Balaban J connectivity index is 1.20. The summed E-state index contributed by atoms with van der Waals surface area (Å²) in [6.45, 7) is 4.95. The van der Waals surface area contributed by atoms with Crippen LogP contribution in [0.2, 0.25) is 0 Å². The first-order chi connectivity index (χ1) is 15.1. The molecule has 8 heteroatoms. The van der Waals surface area contributed by atoms with Crippen molar-refractivity contribution in [1.29, 1.82) is 0 Å². The summed E-state index contributed by atoms with van der Waals surface area (Å²) in [5, 5.41) is 8.84. The Kier molecular flexibility index (Phi) is 4.97. The van der Waals surface area contributed by atoms with Crippen LogP contribution in [0.4, 0.5) is 5.82 Å². The van der Waals surface area contributed by atoms with Gasteiger partial charge in [0.05, 0.1) is 12.0 Å². The highest BCUT2D eigenvalue weighted by atomic mass is 16.2. The van der Waals surface area contributed by atoms with E-state index in [1.54, 1.807) is 6.92 Å². The minimum Gasteiger partial charge on any atom is -0.354 e. The summed E-state index contributed by atoms with van der Waals surface area (Å²) in [5.41, 5.74) is 2.38. The topological polar surface area (TPSA) is 84.2 Å². The van der Waals surface area contributed by atoms with Gasteiger partial charge in [-0.3, -0.25) is 14.2 Å². The third-order valence-corrected chi connectivity index (χ3v) is 6.20. The summed E-state index contributed by atoms with van der Waals surface area (Å²) in [4.78, 5) is 33.0. The largest absolute Gasteiger partial charge is 0.354 e. The standard InChI is InChI=1S/C23H24N6O2/c1-16-9-22(30)29(15-24-16)14-23(31)28-12-18-10-27(11-19(18)13-28)21-8-7-20(25-26-21)17-5-3-2-4-6-17/h2-9,15,18-19H,10-14H2,1H3. The monoisotopic (exact) mass is 416 g/mol. The number of hydrogen-bond acceptors (Lipinski definition) is 6. The van der Waals surface area contributed by atoms with E-state index in [0.717, 1.165) is 30.2 Å². The van der Waals surface area contributed by atoms with Crippen molar-refractivity contribution in [3.8, 4) is 11.3 Å². The summed E-state index contributed by atoms with van der Waals surface area (Å²) in [5.74, 6) is 1.67. The maximum Gasteiger partial charge on any atom is 0.253 e. The number of amides is 1. The van der Waals surface area contributed by atoms with E-state index in [1.165, 1.54) is 17.0 Å². The third-order valence-electron chi connectivity index (χ3n) is 6.20. The van der Waals surface area contributed by atoms with Gasteiger partial charge in [0.25, 0.3) is 5.56 Å². The van der Waals surface area contributed by atoms with Gasteiger partial charge in [0.2, 0.25) is 5.91 Å². The third kappa shape index (κ3) is 3.93. The molecule has 2 fully saturated rings. The lowest BCUT2D eigenvalue weighted by atomic mass is 10.0. The maximum absolute atomic E-state index is 12.7. The Morgan fingerprint density at radius 3 is 2.39 bits per heavy atom. The number of benzene rings is 1. The number of carbonyl (C=O) groups excluding carboxylic acids is 1. The number of rotatable bonds is 4. The molecule has 4 heterocycles. The maximum atomic E-state index is 12.7. The normalized spacial score (nSPS) is 20.2. The lowest BCUT2D eigenvalue weighted by Crippen LogP contribution is -2.37. The van der Waals surface area contributed by atoms with Gasteiger partial charge in [0.15, 0.2) is 5.82 Å². The Labute approximate surface area is 180 Å². The van der Waals surface area contributed by atoms with Gasteiger partial charge >= 0.3 is 0 Å². The summed E-state index contributed by atoms with van der Waals surface area (Å²) in [7, 11) is 0. The van der Waals surface area contributed by atoms with Gasteiger partial charge in [0, 0.05) is 55.3 Å². The fourth-order valence-corrected chi connectivity index (χ4v) is 4.52. The first-order valence-corrected chi connectivity index (χ1v) is 10.5. The number of likely N-dealkylation sites (tertiary alicyclic amines) is 1. The molecule has 5 rings (SSSR count). The smallest absolute Gasteiger partial charge is 0.253 e. The molecule has 2 aliphatic rings. The second-order valence-electron chi connectivity index (χ2n) is 8.36. The first kappa shape index (κ1) is 19.4. The molecule has 2 atom stereocenters. The van der Waals surface area contributed by atoms with Gasteiger partial charge in [-0.2, -0.15) is 0 Å². The number of aromatic nitrogens is 4. The van der Waals surface area contributed by atoms with Crippen molar-refractivity contribution in [2.45, 2.75) is 13.5 Å². The van der Waals surface area contributed by atoms with Crippen molar-refractivity contribution in [3.63, 3.8) is 0 Å². The minimum absolute atomic E-state index is 0.0271. The highest BCUT2D eigenvalue weighted by Gasteiger charge is 2.42. The van der Waals surface area contributed by atoms with Crippen LogP contribution in [0, 0.1) is 18.8 Å². The predicted molar refractivity (Wildman–Crippen MR) is 116 cm³/mol. The molecule has 2 unspecified atom stereocenters. The van der Waals surface area contributed by atoms with E-state index in [2.05, 4.69) is 20.1 Å². The van der Waals surface area contributed by atoms with Crippen molar-refractivity contribution in [1.82, 2.24) is 24.6 Å². The molecule has 0 N–H and O–H groups in total. The van der Waals surface area contributed by atoms with E-state index in [1.807, 2.05) is 47.4 Å². The van der Waals surface area contributed by atoms with Gasteiger partial charge in [-0.15, -0.1) is 10.2 Å². The van der Waals surface area contributed by atoms with E-state index in [4.69, 9.17) is 0 Å². The first-order valence-electron chi connectivity index (χ1n) is 10.5. The van der Waals surface area contributed by atoms with Crippen molar-refractivity contribution >= 4 is 11.7 Å². The molecule has 1 aromatic carbocycles. The van der Waals surface area contributed by atoms with Crippen LogP contribution in [0.15, 0.2) is 59.7 Å².